The summed E-state index contributed by atoms with van der Waals surface area (Å²) in [6, 6.07) is 9.23. The Morgan fingerprint density at radius 1 is 1.23 bits per heavy atom. The molecule has 9 heteroatoms. The fraction of sp³-hybridized carbons (Fsp3) is 0.118. The second kappa shape index (κ2) is 9.07. The van der Waals surface area contributed by atoms with Gasteiger partial charge in [0.05, 0.1) is 29.9 Å². The first-order valence-electron chi connectivity index (χ1n) is 7.33. The molecule has 2 rings (SSSR count). The van der Waals surface area contributed by atoms with Gasteiger partial charge in [-0.25, -0.2) is 5.43 Å². The molecule has 7 nitrogen and oxygen atoms in total. The van der Waals surface area contributed by atoms with Crippen LogP contribution >= 0.6 is 23.2 Å². The van der Waals surface area contributed by atoms with Crippen LogP contribution in [0.25, 0.3) is 0 Å². The van der Waals surface area contributed by atoms with Gasteiger partial charge in [0.25, 0.3) is 11.8 Å². The number of aromatic hydroxyl groups is 1. The first kappa shape index (κ1) is 19.6. The number of hydrazone groups is 1. The van der Waals surface area contributed by atoms with E-state index in [1.165, 1.54) is 31.5 Å². The van der Waals surface area contributed by atoms with Crippen LogP contribution in [0, 0.1) is 0 Å². The summed E-state index contributed by atoms with van der Waals surface area (Å²) < 4.78 is 4.97. The quantitative estimate of drug-likeness (QED) is 0.516. The van der Waals surface area contributed by atoms with Crippen LogP contribution in [0.15, 0.2) is 41.5 Å². The number of carbonyl (C=O) groups is 2. The Labute approximate surface area is 159 Å². The molecule has 0 saturated carbocycles. The normalized spacial score (nSPS) is 10.6. The van der Waals surface area contributed by atoms with Crippen LogP contribution in [0.5, 0.6) is 11.5 Å². The van der Waals surface area contributed by atoms with E-state index >= 15 is 0 Å². The van der Waals surface area contributed by atoms with E-state index in [0.29, 0.717) is 10.6 Å². The number of methoxy groups -OCH3 is 1. The van der Waals surface area contributed by atoms with E-state index in [4.69, 9.17) is 27.9 Å². The Balaban J connectivity index is 1.87. The maximum atomic E-state index is 11.9. The molecule has 2 aromatic carbocycles. The van der Waals surface area contributed by atoms with Crippen LogP contribution in [0.4, 0.5) is 0 Å². The number of carbonyl (C=O) groups excluding carboxylic acids is 2. The molecule has 0 fully saturated rings. The highest BCUT2D eigenvalue weighted by Gasteiger charge is 2.10. The molecule has 0 unspecified atom stereocenters. The van der Waals surface area contributed by atoms with Gasteiger partial charge in [-0.15, -0.1) is 0 Å². The van der Waals surface area contributed by atoms with Crippen LogP contribution in [-0.2, 0) is 4.79 Å². The third kappa shape index (κ3) is 5.11. The Kier molecular flexibility index (Phi) is 6.82. The number of benzene rings is 2. The van der Waals surface area contributed by atoms with E-state index in [1.54, 1.807) is 18.2 Å². The minimum absolute atomic E-state index is 0.0964. The number of nitrogens with zero attached hydrogens (tertiary/aromatic N) is 1. The number of phenols is 1. The molecule has 0 aliphatic heterocycles. The third-order valence-electron chi connectivity index (χ3n) is 3.23. The summed E-state index contributed by atoms with van der Waals surface area (Å²) in [6.07, 6.45) is 1.26. The molecular weight excluding hydrogens is 381 g/mol. The topological polar surface area (TPSA) is 100 Å². The number of amides is 2. The average Bonchev–Trinajstić information content (AvgIpc) is 2.63. The number of halogens is 2. The molecule has 0 spiro atoms. The van der Waals surface area contributed by atoms with E-state index in [1.807, 2.05) is 0 Å². The minimum atomic E-state index is -0.544. The molecular formula is C17H15Cl2N3O4. The van der Waals surface area contributed by atoms with Crippen molar-refractivity contribution in [3.8, 4) is 11.5 Å². The van der Waals surface area contributed by atoms with Crippen molar-refractivity contribution in [2.24, 2.45) is 5.10 Å². The van der Waals surface area contributed by atoms with Gasteiger partial charge in [-0.05, 0) is 30.3 Å². The van der Waals surface area contributed by atoms with Crippen LogP contribution in [0.2, 0.25) is 10.0 Å². The van der Waals surface area contributed by atoms with Crippen LogP contribution in [0.3, 0.4) is 0 Å². The molecule has 0 atom stereocenters. The second-order valence-electron chi connectivity index (χ2n) is 5.00. The van der Waals surface area contributed by atoms with Gasteiger partial charge in [-0.3, -0.25) is 9.59 Å². The molecule has 0 saturated heterocycles. The number of nitrogens with one attached hydrogen (secondary N) is 2. The zero-order valence-electron chi connectivity index (χ0n) is 13.6. The monoisotopic (exact) mass is 395 g/mol. The zero-order valence-corrected chi connectivity index (χ0v) is 15.1. The lowest BCUT2D eigenvalue weighted by Gasteiger charge is -2.06. The molecule has 0 aliphatic carbocycles. The van der Waals surface area contributed by atoms with Crippen molar-refractivity contribution in [1.29, 1.82) is 0 Å². The molecule has 0 bridgehead atoms. The van der Waals surface area contributed by atoms with Gasteiger partial charge in [-0.1, -0.05) is 29.3 Å². The first-order chi connectivity index (χ1) is 12.4. The fourth-order valence-corrected chi connectivity index (χ4v) is 2.22. The Hall–Kier alpha value is -2.77. The number of rotatable bonds is 6. The van der Waals surface area contributed by atoms with Gasteiger partial charge in [0.2, 0.25) is 0 Å². The summed E-state index contributed by atoms with van der Waals surface area (Å²) in [5.74, 6) is -0.833. The average molecular weight is 396 g/mol. The highest BCUT2D eigenvalue weighted by atomic mass is 35.5. The molecule has 26 heavy (non-hydrogen) atoms. The molecule has 0 aromatic heterocycles. The number of hydrogen-bond acceptors (Lipinski definition) is 5. The van der Waals surface area contributed by atoms with E-state index in [0.717, 1.165) is 0 Å². The predicted molar refractivity (Wildman–Crippen MR) is 99.2 cm³/mol. The number of phenolic OH excluding ortho intramolecular Hbond substituents is 1. The second-order valence-corrected chi connectivity index (χ2v) is 5.82. The summed E-state index contributed by atoms with van der Waals surface area (Å²) in [5.41, 5.74) is 2.88. The maximum absolute atomic E-state index is 11.9. The predicted octanol–water partition coefficient (Wildman–Crippen LogP) is 2.59. The van der Waals surface area contributed by atoms with Gasteiger partial charge in [-0.2, -0.15) is 5.10 Å². The smallest absolute Gasteiger partial charge is 0.259 e. The Bertz CT molecular complexity index is 856. The molecule has 0 heterocycles. The van der Waals surface area contributed by atoms with Crippen molar-refractivity contribution in [1.82, 2.24) is 10.7 Å². The van der Waals surface area contributed by atoms with Gasteiger partial charge in [0.15, 0.2) is 11.5 Å². The van der Waals surface area contributed by atoms with Crippen molar-refractivity contribution >= 4 is 41.2 Å². The summed E-state index contributed by atoms with van der Waals surface area (Å²) >= 11 is 11.6. The lowest BCUT2D eigenvalue weighted by Crippen LogP contribution is -2.34. The SMILES string of the molecule is COc1cccc(/C=N/NC(=O)CNC(=O)c2ccc(Cl)c(Cl)c2)c1O. The number of hydrogen-bond donors (Lipinski definition) is 3. The van der Waals surface area contributed by atoms with Gasteiger partial charge in [0, 0.05) is 11.1 Å². The minimum Gasteiger partial charge on any atom is -0.504 e. The van der Waals surface area contributed by atoms with Crippen molar-refractivity contribution in [3.05, 3.63) is 57.6 Å². The Morgan fingerprint density at radius 3 is 2.69 bits per heavy atom. The molecule has 2 aromatic rings. The first-order valence-corrected chi connectivity index (χ1v) is 8.09. The van der Waals surface area contributed by atoms with Crippen molar-refractivity contribution in [2.45, 2.75) is 0 Å². The van der Waals surface area contributed by atoms with Crippen molar-refractivity contribution in [2.75, 3.05) is 13.7 Å². The lowest BCUT2D eigenvalue weighted by atomic mass is 10.2. The largest absolute Gasteiger partial charge is 0.504 e. The van der Waals surface area contributed by atoms with E-state index < -0.39 is 11.8 Å². The zero-order chi connectivity index (χ0) is 19.1. The van der Waals surface area contributed by atoms with Crippen LogP contribution in [-0.4, -0.2) is 36.8 Å². The fourth-order valence-electron chi connectivity index (χ4n) is 1.92. The summed E-state index contributed by atoms with van der Waals surface area (Å²) in [6.45, 7) is -0.291. The van der Waals surface area contributed by atoms with Crippen molar-refractivity contribution in [3.63, 3.8) is 0 Å². The summed E-state index contributed by atoms with van der Waals surface area (Å²) in [7, 11) is 1.42. The summed E-state index contributed by atoms with van der Waals surface area (Å²) in [5, 5.41) is 16.6. The lowest BCUT2D eigenvalue weighted by molar-refractivity contribution is -0.120. The van der Waals surface area contributed by atoms with E-state index in [9.17, 15) is 14.7 Å². The number of ether oxygens (including phenoxy) is 1. The number of para-hydroxylation sites is 1. The third-order valence-corrected chi connectivity index (χ3v) is 3.97. The van der Waals surface area contributed by atoms with E-state index in [2.05, 4.69) is 15.8 Å². The molecule has 3 N–H and O–H groups in total. The van der Waals surface area contributed by atoms with Crippen LogP contribution in [0.1, 0.15) is 15.9 Å². The highest BCUT2D eigenvalue weighted by Crippen LogP contribution is 2.27. The Morgan fingerprint density at radius 2 is 2.00 bits per heavy atom. The molecule has 0 radical (unpaired) electrons. The van der Waals surface area contributed by atoms with Gasteiger partial charge in [0.1, 0.15) is 0 Å². The molecule has 0 aliphatic rings. The molecule has 2 amide bonds. The van der Waals surface area contributed by atoms with E-state index in [-0.39, 0.29) is 28.6 Å². The summed E-state index contributed by atoms with van der Waals surface area (Å²) in [4.78, 5) is 23.7. The maximum Gasteiger partial charge on any atom is 0.259 e. The van der Waals surface area contributed by atoms with Gasteiger partial charge >= 0.3 is 0 Å². The van der Waals surface area contributed by atoms with Gasteiger partial charge < -0.3 is 15.2 Å². The molecule has 136 valence electrons. The standard InChI is InChI=1S/C17H15Cl2N3O4/c1-26-14-4-2-3-11(16(14)24)8-21-22-15(23)9-20-17(25)10-5-6-12(18)13(19)7-10/h2-8,24H,9H2,1H3,(H,20,25)(H,22,23)/b21-8+. The van der Waals surface area contributed by atoms with Crippen molar-refractivity contribution < 1.29 is 19.4 Å². The highest BCUT2D eigenvalue weighted by molar-refractivity contribution is 6.42. The van der Waals surface area contributed by atoms with Crippen LogP contribution < -0.4 is 15.5 Å².